The summed E-state index contributed by atoms with van der Waals surface area (Å²) in [6.07, 6.45) is 2.15. The number of carbonyl (C=O) groups excluding carboxylic acids is 1. The smallest absolute Gasteiger partial charge is 0.272 e. The average Bonchev–Trinajstić information content (AvgIpc) is 2.85. The van der Waals surface area contributed by atoms with Crippen LogP contribution in [0, 0.1) is 0 Å². The number of carbonyl (C=O) groups is 1. The van der Waals surface area contributed by atoms with Crippen LogP contribution in [0.25, 0.3) is 0 Å². The molecule has 126 valence electrons. The number of halogens is 1. The van der Waals surface area contributed by atoms with Crippen molar-refractivity contribution in [3.63, 3.8) is 0 Å². The molecule has 2 N–H and O–H groups in total. The van der Waals surface area contributed by atoms with Crippen LogP contribution < -0.4 is 10.6 Å². The van der Waals surface area contributed by atoms with Crippen molar-refractivity contribution in [2.75, 3.05) is 13.1 Å². The van der Waals surface area contributed by atoms with Gasteiger partial charge in [-0.25, -0.2) is 0 Å². The Kier molecular flexibility index (Phi) is 6.44. The maximum atomic E-state index is 12.4. The van der Waals surface area contributed by atoms with Gasteiger partial charge in [0.25, 0.3) is 5.91 Å². The molecule has 0 aromatic carbocycles. The molecule has 1 saturated heterocycles. The fraction of sp³-hybridized carbons (Fsp3) is 0.750. The van der Waals surface area contributed by atoms with Gasteiger partial charge in [-0.2, -0.15) is 5.10 Å². The van der Waals surface area contributed by atoms with Crippen LogP contribution >= 0.6 is 12.4 Å². The Balaban J connectivity index is 0.00000242. The first kappa shape index (κ1) is 19.0. The number of nitrogens with one attached hydrogen (secondary N) is 2. The van der Waals surface area contributed by atoms with Crippen molar-refractivity contribution >= 4 is 18.3 Å². The zero-order valence-corrected chi connectivity index (χ0v) is 15.1. The number of amides is 1. The van der Waals surface area contributed by atoms with E-state index in [1.807, 2.05) is 10.7 Å². The Bertz CT molecular complexity index is 499. The Hall–Kier alpha value is -1.07. The van der Waals surface area contributed by atoms with Crippen LogP contribution in [0.2, 0.25) is 0 Å². The first-order valence-electron chi connectivity index (χ1n) is 7.91. The van der Waals surface area contributed by atoms with Crippen LogP contribution in [0.1, 0.15) is 69.6 Å². The van der Waals surface area contributed by atoms with Crippen LogP contribution in [-0.4, -0.2) is 34.8 Å². The van der Waals surface area contributed by atoms with Gasteiger partial charge in [-0.05, 0) is 52.1 Å². The summed E-state index contributed by atoms with van der Waals surface area (Å²) in [6.45, 7) is 12.5. The fourth-order valence-electron chi connectivity index (χ4n) is 2.69. The largest absolute Gasteiger partial charge is 0.347 e. The molecule has 0 saturated carbocycles. The molecule has 1 aliphatic heterocycles. The van der Waals surface area contributed by atoms with Crippen molar-refractivity contribution in [1.29, 1.82) is 0 Å². The summed E-state index contributed by atoms with van der Waals surface area (Å²) in [7, 11) is 0. The minimum atomic E-state index is -0.121. The van der Waals surface area contributed by atoms with Crippen LogP contribution in [0.15, 0.2) is 6.07 Å². The molecule has 0 unspecified atom stereocenters. The molecule has 1 amide bonds. The third kappa shape index (κ3) is 4.46. The standard InChI is InChI=1S/C16H28N4O.ClH/c1-11(2)14-9-13(19-20(14)16(3,4)5)15(21)18-12-7-6-8-17-10-12;/h9,11-12,17H,6-8,10H2,1-5H3,(H,18,21);1H/t12-;/m0./s1. The van der Waals surface area contributed by atoms with Gasteiger partial charge in [-0.15, -0.1) is 12.4 Å². The highest BCUT2D eigenvalue weighted by Gasteiger charge is 2.24. The zero-order valence-electron chi connectivity index (χ0n) is 14.3. The summed E-state index contributed by atoms with van der Waals surface area (Å²) >= 11 is 0. The number of piperidine rings is 1. The predicted molar refractivity (Wildman–Crippen MR) is 91.9 cm³/mol. The molecule has 2 rings (SSSR count). The molecule has 1 aliphatic rings. The second kappa shape index (κ2) is 7.47. The fourth-order valence-corrected chi connectivity index (χ4v) is 2.69. The lowest BCUT2D eigenvalue weighted by atomic mass is 10.1. The van der Waals surface area contributed by atoms with Crippen LogP contribution in [0.5, 0.6) is 0 Å². The van der Waals surface area contributed by atoms with Crippen molar-refractivity contribution in [3.05, 3.63) is 17.5 Å². The Morgan fingerprint density at radius 3 is 2.59 bits per heavy atom. The maximum Gasteiger partial charge on any atom is 0.272 e. The Morgan fingerprint density at radius 1 is 1.45 bits per heavy atom. The highest BCUT2D eigenvalue weighted by atomic mass is 35.5. The molecule has 0 spiro atoms. The summed E-state index contributed by atoms with van der Waals surface area (Å²) in [6, 6.07) is 2.15. The molecular formula is C16H29ClN4O. The highest BCUT2D eigenvalue weighted by Crippen LogP contribution is 2.23. The molecule has 2 heterocycles. The van der Waals surface area contributed by atoms with Crippen molar-refractivity contribution in [2.24, 2.45) is 0 Å². The third-order valence-corrected chi connectivity index (χ3v) is 3.83. The lowest BCUT2D eigenvalue weighted by Gasteiger charge is -2.24. The van der Waals surface area contributed by atoms with Crippen molar-refractivity contribution in [3.8, 4) is 0 Å². The van der Waals surface area contributed by atoms with Gasteiger partial charge in [0.1, 0.15) is 5.69 Å². The van der Waals surface area contributed by atoms with Gasteiger partial charge in [0.05, 0.1) is 5.54 Å². The average molecular weight is 329 g/mol. The number of rotatable bonds is 3. The van der Waals surface area contributed by atoms with E-state index in [0.717, 1.165) is 31.6 Å². The van der Waals surface area contributed by atoms with Gasteiger partial charge in [0, 0.05) is 18.3 Å². The molecule has 1 aromatic rings. The normalized spacial score (nSPS) is 18.9. The van der Waals surface area contributed by atoms with Gasteiger partial charge in [0.2, 0.25) is 0 Å². The van der Waals surface area contributed by atoms with E-state index in [1.165, 1.54) is 0 Å². The lowest BCUT2D eigenvalue weighted by Crippen LogP contribution is -2.45. The number of aromatic nitrogens is 2. The van der Waals surface area contributed by atoms with Gasteiger partial charge < -0.3 is 10.6 Å². The van der Waals surface area contributed by atoms with E-state index in [2.05, 4.69) is 50.4 Å². The van der Waals surface area contributed by atoms with E-state index in [-0.39, 0.29) is 29.9 Å². The van der Waals surface area contributed by atoms with Gasteiger partial charge in [-0.1, -0.05) is 13.8 Å². The molecule has 0 aliphatic carbocycles. The molecule has 0 radical (unpaired) electrons. The summed E-state index contributed by atoms with van der Waals surface area (Å²) in [5.74, 6) is 0.281. The number of hydrogen-bond donors (Lipinski definition) is 2. The minimum absolute atomic E-state index is 0. The Morgan fingerprint density at radius 2 is 2.14 bits per heavy atom. The van der Waals surface area contributed by atoms with Gasteiger partial charge >= 0.3 is 0 Å². The minimum Gasteiger partial charge on any atom is -0.347 e. The van der Waals surface area contributed by atoms with Crippen molar-refractivity contribution < 1.29 is 4.79 Å². The monoisotopic (exact) mass is 328 g/mol. The molecule has 1 aromatic heterocycles. The maximum absolute atomic E-state index is 12.4. The van der Waals surface area contributed by atoms with Crippen LogP contribution in [0.4, 0.5) is 0 Å². The summed E-state index contributed by atoms with van der Waals surface area (Å²) in [5, 5.41) is 11.0. The van der Waals surface area contributed by atoms with E-state index in [9.17, 15) is 4.79 Å². The number of hydrogen-bond acceptors (Lipinski definition) is 3. The molecule has 5 nitrogen and oxygen atoms in total. The second-order valence-corrected chi connectivity index (χ2v) is 7.21. The molecule has 6 heteroatoms. The van der Waals surface area contributed by atoms with E-state index in [4.69, 9.17) is 0 Å². The first-order chi connectivity index (χ1) is 9.79. The number of nitrogens with zero attached hydrogens (tertiary/aromatic N) is 2. The predicted octanol–water partition coefficient (Wildman–Crippen LogP) is 2.67. The summed E-state index contributed by atoms with van der Waals surface area (Å²) < 4.78 is 1.98. The molecular weight excluding hydrogens is 300 g/mol. The van der Waals surface area contributed by atoms with E-state index < -0.39 is 0 Å². The molecule has 1 fully saturated rings. The SMILES string of the molecule is CC(C)c1cc(C(=O)N[C@H]2CCCNC2)nn1C(C)(C)C.Cl. The summed E-state index contributed by atoms with van der Waals surface area (Å²) in [5.41, 5.74) is 1.51. The molecule has 22 heavy (non-hydrogen) atoms. The van der Waals surface area contributed by atoms with E-state index in [1.54, 1.807) is 0 Å². The first-order valence-corrected chi connectivity index (χ1v) is 7.91. The van der Waals surface area contributed by atoms with Crippen LogP contribution in [-0.2, 0) is 5.54 Å². The lowest BCUT2D eigenvalue weighted by molar-refractivity contribution is 0.0924. The van der Waals surface area contributed by atoms with Gasteiger partial charge in [-0.3, -0.25) is 9.48 Å². The zero-order chi connectivity index (χ0) is 15.6. The quantitative estimate of drug-likeness (QED) is 0.896. The van der Waals surface area contributed by atoms with E-state index >= 15 is 0 Å². The molecule has 1 atom stereocenters. The summed E-state index contributed by atoms with van der Waals surface area (Å²) in [4.78, 5) is 12.4. The second-order valence-electron chi connectivity index (χ2n) is 7.21. The van der Waals surface area contributed by atoms with Crippen molar-refractivity contribution in [2.45, 2.75) is 65.0 Å². The van der Waals surface area contributed by atoms with Gasteiger partial charge in [0.15, 0.2) is 0 Å². The highest BCUT2D eigenvalue weighted by molar-refractivity contribution is 5.92. The third-order valence-electron chi connectivity index (χ3n) is 3.83. The van der Waals surface area contributed by atoms with E-state index in [0.29, 0.717) is 11.6 Å². The molecule has 0 bridgehead atoms. The topological polar surface area (TPSA) is 59.0 Å². The Labute approximate surface area is 139 Å². The van der Waals surface area contributed by atoms with Crippen LogP contribution in [0.3, 0.4) is 0 Å². The van der Waals surface area contributed by atoms with Crippen molar-refractivity contribution in [1.82, 2.24) is 20.4 Å².